The first kappa shape index (κ1) is 15.7. The number of benzene rings is 1. The van der Waals surface area contributed by atoms with Crippen molar-refractivity contribution in [2.75, 3.05) is 5.32 Å². The Balaban J connectivity index is 1.93. The Morgan fingerprint density at radius 3 is 2.60 bits per heavy atom. The van der Waals surface area contributed by atoms with Gasteiger partial charge in [0, 0.05) is 16.5 Å². The molecule has 3 aromatic heterocycles. The maximum atomic E-state index is 15.3. The highest BCUT2D eigenvalue weighted by molar-refractivity contribution is 7.15. The van der Waals surface area contributed by atoms with Crippen LogP contribution in [0.25, 0.3) is 21.5 Å². The van der Waals surface area contributed by atoms with Crippen LogP contribution < -0.4 is 5.32 Å². The third-order valence-electron chi connectivity index (χ3n) is 3.84. The highest BCUT2D eigenvalue weighted by atomic mass is 32.1. The number of para-hydroxylation sites is 1. The Bertz CT molecular complexity index is 1070. The molecule has 0 spiro atoms. The molecule has 0 saturated heterocycles. The van der Waals surface area contributed by atoms with Crippen molar-refractivity contribution in [2.45, 2.75) is 13.8 Å². The molecule has 4 aromatic rings. The molecule has 3 heterocycles. The van der Waals surface area contributed by atoms with E-state index in [1.54, 1.807) is 19.2 Å². The van der Waals surface area contributed by atoms with E-state index in [4.69, 9.17) is 0 Å². The van der Waals surface area contributed by atoms with E-state index in [9.17, 15) is 0 Å². The van der Waals surface area contributed by atoms with E-state index in [0.717, 1.165) is 15.3 Å². The van der Waals surface area contributed by atoms with Gasteiger partial charge in [-0.05, 0) is 38.1 Å². The monoisotopic (exact) mass is 350 g/mol. The fourth-order valence-electron chi connectivity index (χ4n) is 2.69. The summed E-state index contributed by atoms with van der Waals surface area (Å²) in [7, 11) is 0. The van der Waals surface area contributed by atoms with Crippen molar-refractivity contribution in [3.8, 4) is 10.6 Å². The van der Waals surface area contributed by atoms with Crippen LogP contribution in [0.1, 0.15) is 10.7 Å². The summed E-state index contributed by atoms with van der Waals surface area (Å²) in [4.78, 5) is 14.9. The van der Waals surface area contributed by atoms with E-state index in [1.165, 1.54) is 11.3 Å². The summed E-state index contributed by atoms with van der Waals surface area (Å²) in [6, 6.07) is 13.1. The van der Waals surface area contributed by atoms with Crippen LogP contribution in [0.3, 0.4) is 0 Å². The number of fused-ring (bicyclic) bond motifs is 1. The van der Waals surface area contributed by atoms with Gasteiger partial charge in [-0.3, -0.25) is 0 Å². The summed E-state index contributed by atoms with van der Waals surface area (Å²) < 4.78 is 15.3. The predicted octanol–water partition coefficient (Wildman–Crippen LogP) is 5.25. The second-order valence-corrected chi connectivity index (χ2v) is 6.98. The summed E-state index contributed by atoms with van der Waals surface area (Å²) in [6.45, 7) is 3.79. The van der Waals surface area contributed by atoms with E-state index in [1.807, 2.05) is 43.3 Å². The lowest BCUT2D eigenvalue weighted by Gasteiger charge is -2.13. The first-order valence-corrected chi connectivity index (χ1v) is 8.65. The van der Waals surface area contributed by atoms with Gasteiger partial charge >= 0.3 is 0 Å². The van der Waals surface area contributed by atoms with Gasteiger partial charge in [-0.1, -0.05) is 18.2 Å². The Hall–Kier alpha value is -2.86. The number of hydrogen-bond donors (Lipinski definition) is 1. The second-order valence-electron chi connectivity index (χ2n) is 5.69. The van der Waals surface area contributed by atoms with E-state index in [-0.39, 0.29) is 5.82 Å². The zero-order chi connectivity index (χ0) is 17.4. The van der Waals surface area contributed by atoms with Gasteiger partial charge in [-0.15, -0.1) is 11.3 Å². The third kappa shape index (κ3) is 2.96. The lowest BCUT2D eigenvalue weighted by atomic mass is 10.1. The van der Waals surface area contributed by atoms with Gasteiger partial charge in [0.25, 0.3) is 0 Å². The van der Waals surface area contributed by atoms with Crippen molar-refractivity contribution >= 4 is 33.7 Å². The van der Waals surface area contributed by atoms with E-state index < -0.39 is 0 Å². The standard InChI is InChI=1S/C19H15FN4S/c1-11-7-8-15(25-11)19-17(20)18(13-5-3-4-6-14(13)23-19)24-16-9-10-21-12(2)22-16/h3-10H,1-2H3,(H,21,22,23,24). The fraction of sp³-hybridized carbons (Fsp3) is 0.105. The zero-order valence-corrected chi connectivity index (χ0v) is 14.6. The molecular weight excluding hydrogens is 335 g/mol. The summed E-state index contributed by atoms with van der Waals surface area (Å²) in [6.07, 6.45) is 1.65. The van der Waals surface area contributed by atoms with Gasteiger partial charge in [0.15, 0.2) is 5.82 Å². The first-order valence-electron chi connectivity index (χ1n) is 7.83. The van der Waals surface area contributed by atoms with Crippen molar-refractivity contribution in [2.24, 2.45) is 0 Å². The van der Waals surface area contributed by atoms with Crippen LogP contribution in [0.5, 0.6) is 0 Å². The van der Waals surface area contributed by atoms with Gasteiger partial charge in [-0.25, -0.2) is 19.3 Å². The summed E-state index contributed by atoms with van der Waals surface area (Å²) in [5, 5.41) is 3.83. The highest BCUT2D eigenvalue weighted by Gasteiger charge is 2.18. The smallest absolute Gasteiger partial charge is 0.174 e. The molecule has 4 rings (SSSR count). The van der Waals surface area contributed by atoms with Crippen molar-refractivity contribution in [1.82, 2.24) is 15.0 Å². The van der Waals surface area contributed by atoms with Gasteiger partial charge in [0.2, 0.25) is 0 Å². The lowest BCUT2D eigenvalue weighted by Crippen LogP contribution is -2.02. The minimum absolute atomic E-state index is 0.352. The number of aromatic nitrogens is 3. The van der Waals surface area contributed by atoms with Crippen LogP contribution >= 0.6 is 11.3 Å². The van der Waals surface area contributed by atoms with Crippen molar-refractivity contribution in [1.29, 1.82) is 0 Å². The van der Waals surface area contributed by atoms with Gasteiger partial charge in [0.1, 0.15) is 17.3 Å². The number of anilines is 2. The fourth-order valence-corrected chi connectivity index (χ4v) is 3.54. The van der Waals surface area contributed by atoms with Gasteiger partial charge in [-0.2, -0.15) is 0 Å². The number of aryl methyl sites for hydroxylation is 2. The maximum absolute atomic E-state index is 15.3. The largest absolute Gasteiger partial charge is 0.337 e. The maximum Gasteiger partial charge on any atom is 0.174 e. The molecule has 0 atom stereocenters. The van der Waals surface area contributed by atoms with Crippen LogP contribution in [0.15, 0.2) is 48.7 Å². The topological polar surface area (TPSA) is 50.7 Å². The van der Waals surface area contributed by atoms with Crippen LogP contribution in [0.2, 0.25) is 0 Å². The van der Waals surface area contributed by atoms with E-state index >= 15 is 4.39 Å². The van der Waals surface area contributed by atoms with Crippen molar-refractivity contribution in [3.05, 3.63) is 65.2 Å². The molecule has 0 aliphatic carbocycles. The molecule has 0 saturated carbocycles. The molecule has 0 aliphatic heterocycles. The van der Waals surface area contributed by atoms with Crippen molar-refractivity contribution < 1.29 is 4.39 Å². The van der Waals surface area contributed by atoms with Crippen LogP contribution in [0.4, 0.5) is 15.9 Å². The van der Waals surface area contributed by atoms with Gasteiger partial charge < -0.3 is 5.32 Å². The summed E-state index contributed by atoms with van der Waals surface area (Å²) >= 11 is 1.53. The molecular formula is C19H15FN4S. The minimum atomic E-state index is -0.378. The zero-order valence-electron chi connectivity index (χ0n) is 13.7. The Morgan fingerprint density at radius 2 is 1.84 bits per heavy atom. The van der Waals surface area contributed by atoms with E-state index in [2.05, 4.69) is 20.3 Å². The molecule has 0 bridgehead atoms. The molecule has 6 heteroatoms. The SMILES string of the molecule is Cc1nccc(Nc2c(F)c(-c3ccc(C)s3)nc3ccccc23)n1. The molecule has 0 aliphatic rings. The van der Waals surface area contributed by atoms with Crippen molar-refractivity contribution in [3.63, 3.8) is 0 Å². The number of pyridine rings is 1. The number of hydrogen-bond acceptors (Lipinski definition) is 5. The second kappa shape index (κ2) is 6.22. The molecule has 1 N–H and O–H groups in total. The van der Waals surface area contributed by atoms with Crippen LogP contribution in [0, 0.1) is 19.7 Å². The third-order valence-corrected chi connectivity index (χ3v) is 4.84. The number of thiophene rings is 1. The molecule has 0 fully saturated rings. The number of nitrogens with zero attached hydrogens (tertiary/aromatic N) is 3. The highest BCUT2D eigenvalue weighted by Crippen LogP contribution is 2.36. The summed E-state index contributed by atoms with van der Waals surface area (Å²) in [5.74, 6) is 0.797. The molecule has 124 valence electrons. The minimum Gasteiger partial charge on any atom is -0.337 e. The van der Waals surface area contributed by atoms with Crippen LogP contribution in [-0.2, 0) is 0 Å². The Labute approximate surface area is 148 Å². The van der Waals surface area contributed by atoms with Gasteiger partial charge in [0.05, 0.1) is 16.1 Å². The lowest BCUT2D eigenvalue weighted by molar-refractivity contribution is 0.632. The van der Waals surface area contributed by atoms with E-state index in [0.29, 0.717) is 28.4 Å². The molecule has 0 amide bonds. The van der Waals surface area contributed by atoms with Crippen LogP contribution in [-0.4, -0.2) is 15.0 Å². The molecule has 1 aromatic carbocycles. The molecule has 25 heavy (non-hydrogen) atoms. The Morgan fingerprint density at radius 1 is 1.00 bits per heavy atom. The average Bonchev–Trinajstić information content (AvgIpc) is 3.03. The number of rotatable bonds is 3. The predicted molar refractivity (Wildman–Crippen MR) is 99.8 cm³/mol. The summed E-state index contributed by atoms with van der Waals surface area (Å²) in [5.41, 5.74) is 1.47. The molecule has 4 nitrogen and oxygen atoms in total. The quantitative estimate of drug-likeness (QED) is 0.548. The first-order chi connectivity index (χ1) is 12.1. The number of halogens is 1. The average molecular weight is 350 g/mol. The molecule has 0 radical (unpaired) electrons. The number of nitrogens with one attached hydrogen (secondary N) is 1. The Kier molecular flexibility index (Phi) is 3.89. The molecule has 0 unspecified atom stereocenters. The normalized spacial score (nSPS) is 11.0.